The number of aliphatic imine (C=N–C) groups is 1. The van der Waals surface area contributed by atoms with Crippen molar-refractivity contribution in [1.29, 1.82) is 0 Å². The highest BCUT2D eigenvalue weighted by Crippen LogP contribution is 2.39. The van der Waals surface area contributed by atoms with Crippen molar-refractivity contribution < 1.29 is 10.0 Å². The van der Waals surface area contributed by atoms with Crippen molar-refractivity contribution in [2.24, 2.45) is 4.99 Å². The van der Waals surface area contributed by atoms with E-state index in [2.05, 4.69) is 4.98 Å². The van der Waals surface area contributed by atoms with Crippen LogP contribution >= 0.6 is 0 Å². The Morgan fingerprint density at radius 2 is 1.83 bits per heavy atom. The summed E-state index contributed by atoms with van der Waals surface area (Å²) in [4.78, 5) is 20.3. The first kappa shape index (κ1) is 17.1. The summed E-state index contributed by atoms with van der Waals surface area (Å²) in [6.07, 6.45) is 0.478. The van der Waals surface area contributed by atoms with Crippen LogP contribution in [0.15, 0.2) is 77.8 Å². The Labute approximate surface area is 165 Å². The van der Waals surface area contributed by atoms with Crippen LogP contribution in [0.5, 0.6) is 5.75 Å². The van der Waals surface area contributed by atoms with E-state index in [-0.39, 0.29) is 17.5 Å². The molecule has 7 heteroatoms. The first-order valence-corrected chi connectivity index (χ1v) is 9.19. The topological polar surface area (TPSA) is 93.6 Å². The van der Waals surface area contributed by atoms with Crippen LogP contribution in [-0.2, 0) is 0 Å². The number of nitro benzene ring substituents is 1. The first-order valence-electron chi connectivity index (χ1n) is 9.19. The van der Waals surface area contributed by atoms with E-state index < -0.39 is 4.92 Å². The zero-order valence-corrected chi connectivity index (χ0v) is 15.3. The molecule has 3 aromatic carbocycles. The monoisotopic (exact) mass is 384 g/mol. The highest BCUT2D eigenvalue weighted by molar-refractivity contribution is 6.05. The van der Waals surface area contributed by atoms with Gasteiger partial charge in [-0.2, -0.15) is 0 Å². The number of para-hydroxylation sites is 3. The molecule has 0 saturated heterocycles. The lowest BCUT2D eigenvalue weighted by atomic mass is 9.95. The molecule has 1 aliphatic rings. The van der Waals surface area contributed by atoms with E-state index in [0.717, 1.165) is 16.6 Å². The molecule has 142 valence electrons. The maximum Gasteiger partial charge on any atom is 0.269 e. The molecule has 0 saturated carbocycles. The molecule has 1 aliphatic heterocycles. The van der Waals surface area contributed by atoms with Crippen LogP contribution in [0.4, 0.5) is 11.6 Å². The largest absolute Gasteiger partial charge is 0.507 e. The number of imidazole rings is 1. The third kappa shape index (κ3) is 2.84. The molecule has 0 amide bonds. The Morgan fingerprint density at radius 1 is 1.03 bits per heavy atom. The van der Waals surface area contributed by atoms with Gasteiger partial charge in [0, 0.05) is 24.1 Å². The van der Waals surface area contributed by atoms with E-state index >= 15 is 0 Å². The Kier molecular flexibility index (Phi) is 3.87. The van der Waals surface area contributed by atoms with Crippen LogP contribution in [-0.4, -0.2) is 25.3 Å². The Morgan fingerprint density at radius 3 is 2.66 bits per heavy atom. The number of nitrogens with zero attached hydrogens (tertiary/aromatic N) is 4. The van der Waals surface area contributed by atoms with Gasteiger partial charge in [0.15, 0.2) is 0 Å². The van der Waals surface area contributed by atoms with Gasteiger partial charge in [0.25, 0.3) is 5.69 Å². The second-order valence-electron chi connectivity index (χ2n) is 6.92. The van der Waals surface area contributed by atoms with Crippen molar-refractivity contribution in [1.82, 2.24) is 9.55 Å². The minimum Gasteiger partial charge on any atom is -0.507 e. The Balaban J connectivity index is 1.74. The van der Waals surface area contributed by atoms with E-state index in [1.54, 1.807) is 24.3 Å². The SMILES string of the molecule is O=[N+]([O-])c1cccc(C2CC(c3ccccc3O)=Nc3nc4ccccc4n32)c1. The van der Waals surface area contributed by atoms with Gasteiger partial charge in [0.2, 0.25) is 5.95 Å². The predicted octanol–water partition coefficient (Wildman–Crippen LogP) is 4.76. The molecule has 1 atom stereocenters. The second-order valence-corrected chi connectivity index (χ2v) is 6.92. The Bertz CT molecular complexity index is 1290. The molecule has 0 radical (unpaired) electrons. The quantitative estimate of drug-likeness (QED) is 0.407. The molecule has 5 rings (SSSR count). The fourth-order valence-electron chi connectivity index (χ4n) is 3.86. The van der Waals surface area contributed by atoms with Crippen molar-refractivity contribution in [2.45, 2.75) is 12.5 Å². The van der Waals surface area contributed by atoms with Crippen molar-refractivity contribution in [3.63, 3.8) is 0 Å². The van der Waals surface area contributed by atoms with E-state index in [4.69, 9.17) is 4.99 Å². The maximum atomic E-state index is 11.3. The highest BCUT2D eigenvalue weighted by atomic mass is 16.6. The summed E-state index contributed by atoms with van der Waals surface area (Å²) < 4.78 is 2.01. The molecule has 0 spiro atoms. The number of non-ortho nitro benzene ring substituents is 1. The van der Waals surface area contributed by atoms with E-state index in [0.29, 0.717) is 23.6 Å². The zero-order chi connectivity index (χ0) is 20.0. The summed E-state index contributed by atoms with van der Waals surface area (Å²) in [5.74, 6) is 0.667. The fraction of sp³-hybridized carbons (Fsp3) is 0.0909. The van der Waals surface area contributed by atoms with Gasteiger partial charge < -0.3 is 9.67 Å². The lowest BCUT2D eigenvalue weighted by molar-refractivity contribution is -0.384. The number of hydrogen-bond donors (Lipinski definition) is 1. The van der Waals surface area contributed by atoms with Crippen molar-refractivity contribution in [3.8, 4) is 5.75 Å². The third-order valence-electron chi connectivity index (χ3n) is 5.19. The number of fused-ring (bicyclic) bond motifs is 3. The standard InChI is InChI=1S/C22H16N4O3/c27-21-11-4-1-8-16(21)18-13-20(14-6-5-7-15(12-14)26(28)29)25-19-10-3-2-9-17(19)23-22(25)24-18/h1-12,20,27H,13H2. The van der Waals surface area contributed by atoms with Gasteiger partial charge >= 0.3 is 0 Å². The number of aromatic nitrogens is 2. The number of aromatic hydroxyl groups is 1. The molecule has 0 bridgehead atoms. The molecule has 2 heterocycles. The third-order valence-corrected chi connectivity index (χ3v) is 5.19. The number of benzene rings is 3. The van der Waals surface area contributed by atoms with Gasteiger partial charge in [-0.05, 0) is 29.8 Å². The lowest BCUT2D eigenvalue weighted by Crippen LogP contribution is -2.20. The summed E-state index contributed by atoms with van der Waals surface area (Å²) >= 11 is 0. The van der Waals surface area contributed by atoms with Crippen LogP contribution in [0.25, 0.3) is 11.0 Å². The van der Waals surface area contributed by atoms with Crippen LogP contribution in [0.1, 0.15) is 23.6 Å². The number of phenolic OH excluding ortho intramolecular Hbond substituents is 1. The molecule has 7 nitrogen and oxygen atoms in total. The van der Waals surface area contributed by atoms with E-state index in [9.17, 15) is 15.2 Å². The van der Waals surface area contributed by atoms with Crippen molar-refractivity contribution >= 4 is 28.4 Å². The fourth-order valence-corrected chi connectivity index (χ4v) is 3.86. The van der Waals surface area contributed by atoms with E-state index in [1.807, 2.05) is 47.0 Å². The minimum atomic E-state index is -0.392. The summed E-state index contributed by atoms with van der Waals surface area (Å²) in [6, 6.07) is 21.2. The van der Waals surface area contributed by atoms with Crippen molar-refractivity contribution in [2.75, 3.05) is 0 Å². The lowest BCUT2D eigenvalue weighted by Gasteiger charge is -2.26. The van der Waals surface area contributed by atoms with Crippen LogP contribution in [0.2, 0.25) is 0 Å². The molecule has 1 N–H and O–H groups in total. The van der Waals surface area contributed by atoms with E-state index in [1.165, 1.54) is 6.07 Å². The number of hydrogen-bond acceptors (Lipinski definition) is 5. The number of nitro groups is 1. The number of phenols is 1. The van der Waals surface area contributed by atoms with Crippen LogP contribution < -0.4 is 0 Å². The van der Waals surface area contributed by atoms with Gasteiger partial charge in [0.1, 0.15) is 5.75 Å². The first-order chi connectivity index (χ1) is 14.1. The maximum absolute atomic E-state index is 11.3. The molecule has 4 aromatic rings. The van der Waals surface area contributed by atoms with Crippen molar-refractivity contribution in [3.05, 3.63) is 94.0 Å². The van der Waals surface area contributed by atoms with Gasteiger partial charge in [-0.25, -0.2) is 9.98 Å². The smallest absolute Gasteiger partial charge is 0.269 e. The molecule has 0 fully saturated rings. The van der Waals surface area contributed by atoms with Gasteiger partial charge in [-0.1, -0.05) is 36.4 Å². The predicted molar refractivity (Wildman–Crippen MR) is 110 cm³/mol. The van der Waals surface area contributed by atoms with Gasteiger partial charge in [-0.3, -0.25) is 10.1 Å². The highest BCUT2D eigenvalue weighted by Gasteiger charge is 2.29. The molecule has 0 aliphatic carbocycles. The molecule has 1 aromatic heterocycles. The summed E-state index contributed by atoms with van der Waals surface area (Å²) in [6.45, 7) is 0. The zero-order valence-electron chi connectivity index (χ0n) is 15.3. The van der Waals surface area contributed by atoms with Gasteiger partial charge in [0.05, 0.1) is 27.7 Å². The molecular weight excluding hydrogens is 368 g/mol. The molecule has 1 unspecified atom stereocenters. The molecular formula is C22H16N4O3. The summed E-state index contributed by atoms with van der Waals surface area (Å²) in [7, 11) is 0. The Hall–Kier alpha value is -4.00. The number of rotatable bonds is 3. The molecule has 29 heavy (non-hydrogen) atoms. The summed E-state index contributed by atoms with van der Waals surface area (Å²) in [5.41, 5.74) is 3.90. The van der Waals surface area contributed by atoms with Gasteiger partial charge in [-0.15, -0.1) is 0 Å². The minimum absolute atomic E-state index is 0.0418. The summed E-state index contributed by atoms with van der Waals surface area (Å²) in [5, 5.41) is 21.6. The average Bonchev–Trinajstić information content (AvgIpc) is 3.12. The van der Waals surface area contributed by atoms with Crippen LogP contribution in [0, 0.1) is 10.1 Å². The second kappa shape index (κ2) is 6.56. The normalized spacial score (nSPS) is 15.7. The average molecular weight is 384 g/mol. The van der Waals surface area contributed by atoms with Crippen LogP contribution in [0.3, 0.4) is 0 Å².